The lowest BCUT2D eigenvalue weighted by Crippen LogP contribution is -2.09. The van der Waals surface area contributed by atoms with Crippen molar-refractivity contribution in [3.63, 3.8) is 0 Å². The van der Waals surface area contributed by atoms with Gasteiger partial charge in [-0.15, -0.1) is 0 Å². The van der Waals surface area contributed by atoms with E-state index in [2.05, 4.69) is 22.1 Å². The minimum Gasteiger partial charge on any atom is -0.497 e. The van der Waals surface area contributed by atoms with Gasteiger partial charge in [-0.3, -0.25) is 0 Å². The van der Waals surface area contributed by atoms with Gasteiger partial charge < -0.3 is 24.1 Å². The zero-order valence-corrected chi connectivity index (χ0v) is 18.7. The van der Waals surface area contributed by atoms with Crippen LogP contribution >= 0.6 is 0 Å². The monoisotopic (exact) mass is 432 g/mol. The van der Waals surface area contributed by atoms with Gasteiger partial charge >= 0.3 is 0 Å². The summed E-state index contributed by atoms with van der Waals surface area (Å²) in [4.78, 5) is 0. The van der Waals surface area contributed by atoms with Gasteiger partial charge in [0.15, 0.2) is 17.3 Å². The minimum absolute atomic E-state index is 0.666. The summed E-state index contributed by atoms with van der Waals surface area (Å²) in [6, 6.07) is 14.1. The van der Waals surface area contributed by atoms with Crippen LogP contribution < -0.4 is 19.5 Å². The molecular formula is C25H28N4O3. The summed E-state index contributed by atoms with van der Waals surface area (Å²) < 4.78 is 20.6. The van der Waals surface area contributed by atoms with Crippen molar-refractivity contribution in [1.29, 1.82) is 0 Å². The summed E-state index contributed by atoms with van der Waals surface area (Å²) >= 11 is 0. The molecule has 0 amide bonds. The smallest absolute Gasteiger partial charge is 0.161 e. The SMILES string of the molecule is COc1ccc(NCc2nn3cc(-c4ccc(OC)c(OC)c4)c4c3n2CCCC4)cc1. The van der Waals surface area contributed by atoms with Crippen LogP contribution in [0.2, 0.25) is 0 Å². The first-order valence-electron chi connectivity index (χ1n) is 10.9. The van der Waals surface area contributed by atoms with E-state index in [4.69, 9.17) is 19.3 Å². The number of methoxy groups -OCH3 is 3. The number of anilines is 1. The van der Waals surface area contributed by atoms with Crippen molar-refractivity contribution in [2.45, 2.75) is 32.4 Å². The number of ether oxygens (including phenoxy) is 3. The Balaban J connectivity index is 1.49. The van der Waals surface area contributed by atoms with Crippen LogP contribution in [0, 0.1) is 0 Å². The Bertz CT molecular complexity index is 1240. The fraction of sp³-hybridized carbons (Fsp3) is 0.320. The second kappa shape index (κ2) is 8.49. The predicted molar refractivity (Wildman–Crippen MR) is 125 cm³/mol. The molecule has 0 fully saturated rings. The molecule has 0 unspecified atom stereocenters. The molecule has 0 saturated heterocycles. The van der Waals surface area contributed by atoms with E-state index in [1.807, 2.05) is 40.9 Å². The van der Waals surface area contributed by atoms with Gasteiger partial charge in [-0.2, -0.15) is 5.10 Å². The first-order valence-corrected chi connectivity index (χ1v) is 10.9. The van der Waals surface area contributed by atoms with E-state index in [9.17, 15) is 0 Å². The largest absolute Gasteiger partial charge is 0.497 e. The van der Waals surface area contributed by atoms with Gasteiger partial charge in [0, 0.05) is 29.6 Å². The second-order valence-electron chi connectivity index (χ2n) is 7.97. The van der Waals surface area contributed by atoms with Crippen LogP contribution in [0.15, 0.2) is 48.7 Å². The molecule has 0 atom stereocenters. The Morgan fingerprint density at radius 1 is 0.938 bits per heavy atom. The van der Waals surface area contributed by atoms with Crippen LogP contribution in [-0.2, 0) is 19.5 Å². The van der Waals surface area contributed by atoms with Crippen molar-refractivity contribution < 1.29 is 14.2 Å². The van der Waals surface area contributed by atoms with Gasteiger partial charge in [0.05, 0.1) is 27.9 Å². The Morgan fingerprint density at radius 2 is 1.75 bits per heavy atom. The average Bonchev–Trinajstić information content (AvgIpc) is 3.26. The van der Waals surface area contributed by atoms with Crippen LogP contribution in [0.3, 0.4) is 0 Å². The third-order valence-corrected chi connectivity index (χ3v) is 6.15. The lowest BCUT2D eigenvalue weighted by atomic mass is 10.0. The molecule has 4 aromatic rings. The Morgan fingerprint density at radius 3 is 2.50 bits per heavy atom. The van der Waals surface area contributed by atoms with Gasteiger partial charge in [0.2, 0.25) is 0 Å². The Kier molecular flexibility index (Phi) is 5.39. The molecule has 1 aliphatic heterocycles. The summed E-state index contributed by atoms with van der Waals surface area (Å²) in [5.74, 6) is 3.37. The van der Waals surface area contributed by atoms with Crippen LogP contribution in [-0.4, -0.2) is 35.5 Å². The standard InChI is InChI=1S/C25H28N4O3/c1-30-19-10-8-18(9-11-19)26-15-24-27-29-16-21(20-6-4-5-13-28(24)25(20)29)17-7-12-22(31-2)23(14-17)32-3/h7-12,14,16,26H,4-6,13,15H2,1-3H3. The number of aryl methyl sites for hydroxylation is 2. The number of nitrogens with one attached hydrogen (secondary N) is 1. The number of nitrogens with zero attached hydrogens (tertiary/aromatic N) is 3. The molecular weight excluding hydrogens is 404 g/mol. The maximum atomic E-state index is 5.53. The molecule has 3 heterocycles. The van der Waals surface area contributed by atoms with E-state index in [-0.39, 0.29) is 0 Å². The zero-order valence-electron chi connectivity index (χ0n) is 18.7. The van der Waals surface area contributed by atoms with E-state index in [0.717, 1.165) is 60.1 Å². The quantitative estimate of drug-likeness (QED) is 0.456. The molecule has 32 heavy (non-hydrogen) atoms. The maximum Gasteiger partial charge on any atom is 0.161 e. The lowest BCUT2D eigenvalue weighted by molar-refractivity contribution is 0.355. The summed E-state index contributed by atoms with van der Waals surface area (Å²) in [6.45, 7) is 1.64. The van der Waals surface area contributed by atoms with Gasteiger partial charge in [-0.1, -0.05) is 6.07 Å². The average molecular weight is 433 g/mol. The van der Waals surface area contributed by atoms with Gasteiger partial charge in [0.1, 0.15) is 11.4 Å². The molecule has 1 aliphatic rings. The highest BCUT2D eigenvalue weighted by Gasteiger charge is 2.22. The van der Waals surface area contributed by atoms with Crippen molar-refractivity contribution >= 4 is 11.3 Å². The molecule has 0 bridgehead atoms. The zero-order chi connectivity index (χ0) is 22.1. The van der Waals surface area contributed by atoms with Crippen molar-refractivity contribution in [3.05, 3.63) is 60.0 Å². The molecule has 5 rings (SSSR count). The minimum atomic E-state index is 0.666. The van der Waals surface area contributed by atoms with Gasteiger partial charge in [0.25, 0.3) is 0 Å². The van der Waals surface area contributed by atoms with Gasteiger partial charge in [-0.25, -0.2) is 4.52 Å². The molecule has 1 N–H and O–H groups in total. The normalized spacial score (nSPS) is 13.1. The van der Waals surface area contributed by atoms with Crippen molar-refractivity contribution in [1.82, 2.24) is 14.2 Å². The highest BCUT2D eigenvalue weighted by atomic mass is 16.5. The molecule has 2 aromatic heterocycles. The highest BCUT2D eigenvalue weighted by Crippen LogP contribution is 2.37. The Hall–Kier alpha value is -3.61. The summed E-state index contributed by atoms with van der Waals surface area (Å²) in [5, 5.41) is 8.43. The highest BCUT2D eigenvalue weighted by molar-refractivity contribution is 5.77. The fourth-order valence-corrected chi connectivity index (χ4v) is 4.51. The van der Waals surface area contributed by atoms with Crippen molar-refractivity contribution in [3.8, 4) is 28.4 Å². The maximum absolute atomic E-state index is 5.53. The van der Waals surface area contributed by atoms with E-state index >= 15 is 0 Å². The van der Waals surface area contributed by atoms with Crippen LogP contribution in [0.1, 0.15) is 24.2 Å². The fourth-order valence-electron chi connectivity index (χ4n) is 4.51. The number of hydrogen-bond acceptors (Lipinski definition) is 5. The first kappa shape index (κ1) is 20.3. The molecule has 2 aromatic carbocycles. The molecule has 7 nitrogen and oxygen atoms in total. The van der Waals surface area contributed by atoms with Crippen LogP contribution in [0.25, 0.3) is 16.8 Å². The van der Waals surface area contributed by atoms with Crippen LogP contribution in [0.4, 0.5) is 5.69 Å². The van der Waals surface area contributed by atoms with E-state index in [1.54, 1.807) is 21.3 Å². The summed E-state index contributed by atoms with van der Waals surface area (Å²) in [5.41, 5.74) is 5.91. The van der Waals surface area contributed by atoms with Crippen molar-refractivity contribution in [2.75, 3.05) is 26.6 Å². The van der Waals surface area contributed by atoms with Crippen LogP contribution in [0.5, 0.6) is 17.2 Å². The molecule has 0 spiro atoms. The lowest BCUT2D eigenvalue weighted by Gasteiger charge is -2.10. The van der Waals surface area contributed by atoms with E-state index in [0.29, 0.717) is 6.54 Å². The van der Waals surface area contributed by atoms with E-state index in [1.165, 1.54) is 16.8 Å². The number of aromatic nitrogens is 3. The number of rotatable bonds is 7. The number of benzene rings is 2. The topological polar surface area (TPSA) is 62.0 Å². The number of hydrogen-bond donors (Lipinski definition) is 1. The predicted octanol–water partition coefficient (Wildman–Crippen LogP) is 4.78. The Labute approximate surface area is 187 Å². The molecule has 0 aliphatic carbocycles. The summed E-state index contributed by atoms with van der Waals surface area (Å²) in [6.07, 6.45) is 5.48. The first-order chi connectivity index (χ1) is 15.7. The van der Waals surface area contributed by atoms with E-state index < -0.39 is 0 Å². The third-order valence-electron chi connectivity index (χ3n) is 6.15. The second-order valence-corrected chi connectivity index (χ2v) is 7.97. The molecule has 0 saturated carbocycles. The van der Waals surface area contributed by atoms with Crippen molar-refractivity contribution in [2.24, 2.45) is 0 Å². The molecule has 0 radical (unpaired) electrons. The molecule has 7 heteroatoms. The third kappa shape index (κ3) is 3.53. The molecule has 166 valence electrons. The summed E-state index contributed by atoms with van der Waals surface area (Å²) in [7, 11) is 5.01. The van der Waals surface area contributed by atoms with Gasteiger partial charge in [-0.05, 0) is 61.2 Å².